The second-order valence-electron chi connectivity index (χ2n) is 8.95. The second kappa shape index (κ2) is 9.75. The van der Waals surface area contributed by atoms with Crippen LogP contribution in [0.25, 0.3) is 28.0 Å². The molecule has 0 spiro atoms. The molecule has 4 aromatic rings. The van der Waals surface area contributed by atoms with Crippen molar-refractivity contribution in [3.05, 3.63) is 78.0 Å². The monoisotopic (exact) mass is 454 g/mol. The molecule has 2 aromatic carbocycles. The zero-order valence-corrected chi connectivity index (χ0v) is 19.7. The first-order chi connectivity index (χ1) is 16.6. The summed E-state index contributed by atoms with van der Waals surface area (Å²) in [6, 6.07) is 20.0. The Hall–Kier alpha value is -3.55. The summed E-state index contributed by atoms with van der Waals surface area (Å²) < 4.78 is 1.80. The number of piperazine rings is 1. The van der Waals surface area contributed by atoms with Crippen LogP contribution >= 0.6 is 0 Å². The van der Waals surface area contributed by atoms with Gasteiger partial charge >= 0.3 is 0 Å². The normalized spacial score (nSPS) is 15.0. The molecule has 1 N–H and O–H groups in total. The summed E-state index contributed by atoms with van der Waals surface area (Å²) in [6.07, 6.45) is 1.74. The Balaban J connectivity index is 1.47. The number of aryl methyl sites for hydroxylation is 1. The predicted molar refractivity (Wildman–Crippen MR) is 135 cm³/mol. The summed E-state index contributed by atoms with van der Waals surface area (Å²) in [7, 11) is 2.15. The van der Waals surface area contributed by atoms with E-state index in [1.165, 1.54) is 0 Å². The fourth-order valence-electron chi connectivity index (χ4n) is 4.39. The van der Waals surface area contributed by atoms with Crippen molar-refractivity contribution >= 4 is 16.9 Å². The molecule has 7 heteroatoms. The minimum absolute atomic E-state index is 0.0944. The van der Waals surface area contributed by atoms with Gasteiger partial charge in [-0.3, -0.25) is 9.69 Å². The minimum atomic E-state index is -0.0944. The van der Waals surface area contributed by atoms with Crippen LogP contribution in [0.15, 0.2) is 66.9 Å². The molecule has 0 saturated carbocycles. The van der Waals surface area contributed by atoms with Gasteiger partial charge in [-0.2, -0.15) is 5.10 Å². The van der Waals surface area contributed by atoms with E-state index in [9.17, 15) is 4.79 Å². The molecule has 0 aliphatic carbocycles. The lowest BCUT2D eigenvalue weighted by Gasteiger charge is -2.32. The largest absolute Gasteiger partial charge is 0.351 e. The molecule has 174 valence electrons. The van der Waals surface area contributed by atoms with Crippen LogP contribution in [-0.4, -0.2) is 76.8 Å². The van der Waals surface area contributed by atoms with Gasteiger partial charge in [-0.1, -0.05) is 42.0 Å². The van der Waals surface area contributed by atoms with Crippen molar-refractivity contribution < 1.29 is 4.79 Å². The highest BCUT2D eigenvalue weighted by Crippen LogP contribution is 2.27. The quantitative estimate of drug-likeness (QED) is 0.484. The Labute approximate surface area is 200 Å². The third-order valence-corrected chi connectivity index (χ3v) is 6.41. The summed E-state index contributed by atoms with van der Waals surface area (Å²) in [5.74, 6) is -0.0944. The van der Waals surface area contributed by atoms with Gasteiger partial charge in [0, 0.05) is 44.8 Å². The van der Waals surface area contributed by atoms with E-state index in [4.69, 9.17) is 4.98 Å². The number of pyridine rings is 1. The number of fused-ring (bicyclic) bond motifs is 1. The summed E-state index contributed by atoms with van der Waals surface area (Å²) in [5.41, 5.74) is 5.07. The lowest BCUT2D eigenvalue weighted by atomic mass is 10.0. The summed E-state index contributed by atoms with van der Waals surface area (Å²) in [4.78, 5) is 23.0. The number of para-hydroxylation sites is 1. The third kappa shape index (κ3) is 4.71. The average Bonchev–Trinajstić information content (AvgIpc) is 3.29. The molecule has 2 aromatic heterocycles. The molecule has 0 unspecified atom stereocenters. The van der Waals surface area contributed by atoms with Crippen LogP contribution in [0.5, 0.6) is 0 Å². The van der Waals surface area contributed by atoms with E-state index in [0.717, 1.165) is 60.6 Å². The Kier molecular flexibility index (Phi) is 6.38. The number of hydrogen-bond donors (Lipinski definition) is 1. The first-order valence-electron chi connectivity index (χ1n) is 11.8. The molecule has 3 heterocycles. The van der Waals surface area contributed by atoms with Crippen molar-refractivity contribution in [3.63, 3.8) is 0 Å². The van der Waals surface area contributed by atoms with Crippen LogP contribution < -0.4 is 5.32 Å². The summed E-state index contributed by atoms with van der Waals surface area (Å²) >= 11 is 0. The second-order valence-corrected chi connectivity index (χ2v) is 8.95. The van der Waals surface area contributed by atoms with E-state index in [1.54, 1.807) is 10.9 Å². The van der Waals surface area contributed by atoms with Crippen molar-refractivity contribution in [1.82, 2.24) is 29.9 Å². The number of carbonyl (C=O) groups is 1. The number of nitrogens with zero attached hydrogens (tertiary/aromatic N) is 5. The number of benzene rings is 2. The molecule has 5 rings (SSSR count). The number of nitrogens with one attached hydrogen (secondary N) is 1. The van der Waals surface area contributed by atoms with Crippen LogP contribution in [0.3, 0.4) is 0 Å². The maximum Gasteiger partial charge on any atom is 0.252 e. The zero-order chi connectivity index (χ0) is 23.5. The van der Waals surface area contributed by atoms with Crippen molar-refractivity contribution in [3.8, 4) is 16.9 Å². The molecule has 1 fully saturated rings. The summed E-state index contributed by atoms with van der Waals surface area (Å²) in [5, 5.41) is 8.46. The molecule has 7 nitrogen and oxygen atoms in total. The van der Waals surface area contributed by atoms with Crippen LogP contribution in [0.1, 0.15) is 15.9 Å². The Morgan fingerprint density at radius 2 is 1.79 bits per heavy atom. The molecule has 0 radical (unpaired) electrons. The maximum absolute atomic E-state index is 13.3. The first kappa shape index (κ1) is 22.3. The predicted octanol–water partition coefficient (Wildman–Crippen LogP) is 3.37. The van der Waals surface area contributed by atoms with Gasteiger partial charge in [0.05, 0.1) is 28.5 Å². The topological polar surface area (TPSA) is 66.3 Å². The lowest BCUT2D eigenvalue weighted by Crippen LogP contribution is -2.46. The molecule has 0 bridgehead atoms. The molecule has 1 aliphatic rings. The van der Waals surface area contributed by atoms with E-state index < -0.39 is 0 Å². The number of rotatable bonds is 6. The van der Waals surface area contributed by atoms with E-state index in [2.05, 4.69) is 46.3 Å². The zero-order valence-electron chi connectivity index (χ0n) is 19.7. The van der Waals surface area contributed by atoms with E-state index in [1.807, 2.05) is 48.5 Å². The summed E-state index contributed by atoms with van der Waals surface area (Å²) in [6.45, 7) is 7.72. The molecule has 1 amide bonds. The molecular weight excluding hydrogens is 424 g/mol. The third-order valence-electron chi connectivity index (χ3n) is 6.41. The van der Waals surface area contributed by atoms with Gasteiger partial charge in [-0.25, -0.2) is 9.67 Å². The van der Waals surface area contributed by atoms with Gasteiger partial charge in [0.15, 0.2) is 5.65 Å². The lowest BCUT2D eigenvalue weighted by molar-refractivity contribution is 0.0942. The highest BCUT2D eigenvalue weighted by atomic mass is 16.1. The minimum Gasteiger partial charge on any atom is -0.351 e. The highest BCUT2D eigenvalue weighted by molar-refractivity contribution is 6.06. The van der Waals surface area contributed by atoms with Gasteiger partial charge < -0.3 is 10.2 Å². The fourth-order valence-corrected chi connectivity index (χ4v) is 4.39. The smallest absolute Gasteiger partial charge is 0.252 e. The SMILES string of the molecule is Cc1cccc(-c2cc(C(=O)NCCN3CCN(C)CC3)c3cnn(-c4ccccc4)c3n2)c1. The van der Waals surface area contributed by atoms with E-state index in [0.29, 0.717) is 17.8 Å². The van der Waals surface area contributed by atoms with Crippen molar-refractivity contribution in [2.24, 2.45) is 0 Å². The Bertz CT molecular complexity index is 1290. The standard InChI is InChI=1S/C27H30N6O/c1-20-7-6-8-21(17-20)25-18-23(27(34)28-11-12-32-15-13-31(2)14-16-32)24-19-29-33(26(24)30-25)22-9-4-3-5-10-22/h3-10,17-19H,11-16H2,1-2H3,(H,28,34). The fraction of sp³-hybridized carbons (Fsp3) is 0.296. The van der Waals surface area contributed by atoms with Gasteiger partial charge in [0.25, 0.3) is 5.91 Å². The molecular formula is C27H30N6O. The molecule has 0 atom stereocenters. The number of hydrogen-bond acceptors (Lipinski definition) is 5. The first-order valence-corrected chi connectivity index (χ1v) is 11.8. The highest BCUT2D eigenvalue weighted by Gasteiger charge is 2.19. The number of amides is 1. The molecule has 1 saturated heterocycles. The van der Waals surface area contributed by atoms with Crippen molar-refractivity contribution in [1.29, 1.82) is 0 Å². The van der Waals surface area contributed by atoms with E-state index >= 15 is 0 Å². The van der Waals surface area contributed by atoms with Gasteiger partial charge in [-0.05, 0) is 38.2 Å². The number of aromatic nitrogens is 3. The maximum atomic E-state index is 13.3. The van der Waals surface area contributed by atoms with Gasteiger partial charge in [-0.15, -0.1) is 0 Å². The Morgan fingerprint density at radius 3 is 2.56 bits per heavy atom. The molecule has 1 aliphatic heterocycles. The van der Waals surface area contributed by atoms with Crippen LogP contribution in [0.4, 0.5) is 0 Å². The Morgan fingerprint density at radius 1 is 1.00 bits per heavy atom. The van der Waals surface area contributed by atoms with Crippen LogP contribution in [0, 0.1) is 6.92 Å². The average molecular weight is 455 g/mol. The van der Waals surface area contributed by atoms with Gasteiger partial charge in [0.1, 0.15) is 0 Å². The number of likely N-dealkylation sites (N-methyl/N-ethyl adjacent to an activating group) is 1. The molecule has 34 heavy (non-hydrogen) atoms. The van der Waals surface area contributed by atoms with Crippen LogP contribution in [0.2, 0.25) is 0 Å². The number of carbonyl (C=O) groups excluding carboxylic acids is 1. The van der Waals surface area contributed by atoms with Crippen LogP contribution in [-0.2, 0) is 0 Å². The van der Waals surface area contributed by atoms with E-state index in [-0.39, 0.29) is 5.91 Å². The van der Waals surface area contributed by atoms with Crippen molar-refractivity contribution in [2.75, 3.05) is 46.3 Å². The van der Waals surface area contributed by atoms with Crippen molar-refractivity contribution in [2.45, 2.75) is 6.92 Å². The van der Waals surface area contributed by atoms with Gasteiger partial charge in [0.2, 0.25) is 0 Å².